The third kappa shape index (κ3) is 4.10. The molecular formula is C15H19N5O4S2. The van der Waals surface area contributed by atoms with Crippen LogP contribution in [0.4, 0.5) is 0 Å². The predicted octanol–water partition coefficient (Wildman–Crippen LogP) is 0.0629. The van der Waals surface area contributed by atoms with Crippen molar-refractivity contribution in [3.63, 3.8) is 0 Å². The van der Waals surface area contributed by atoms with Gasteiger partial charge in [0.05, 0.1) is 29.9 Å². The summed E-state index contributed by atoms with van der Waals surface area (Å²) in [5.74, 6) is 7.00. The molecule has 1 aromatic carbocycles. The Kier molecular flexibility index (Phi) is 5.37. The third-order valence-electron chi connectivity index (χ3n) is 3.94. The Morgan fingerprint density at radius 2 is 2.19 bits per heavy atom. The Morgan fingerprint density at radius 1 is 1.42 bits per heavy atom. The maximum atomic E-state index is 12.0. The molecule has 0 bridgehead atoms. The zero-order valence-electron chi connectivity index (χ0n) is 14.1. The van der Waals surface area contributed by atoms with Crippen molar-refractivity contribution >= 4 is 27.5 Å². The van der Waals surface area contributed by atoms with Crippen LogP contribution in [-0.2, 0) is 14.6 Å². The molecule has 3 rings (SSSR count). The lowest BCUT2D eigenvalue weighted by Crippen LogP contribution is -2.36. The van der Waals surface area contributed by atoms with Crippen LogP contribution < -0.4 is 15.9 Å². The second-order valence-corrected chi connectivity index (χ2v) is 9.00. The first kappa shape index (κ1) is 18.5. The summed E-state index contributed by atoms with van der Waals surface area (Å²) in [7, 11) is -1.47. The summed E-state index contributed by atoms with van der Waals surface area (Å²) >= 11 is 1.13. The van der Waals surface area contributed by atoms with E-state index < -0.39 is 9.84 Å². The molecule has 1 aliphatic rings. The Morgan fingerprint density at radius 3 is 2.88 bits per heavy atom. The summed E-state index contributed by atoms with van der Waals surface area (Å²) in [4.78, 5) is 12.0. The summed E-state index contributed by atoms with van der Waals surface area (Å²) in [6, 6.07) is 6.95. The lowest BCUT2D eigenvalue weighted by atomic mass is 10.2. The first-order valence-corrected chi connectivity index (χ1v) is 10.7. The molecule has 0 aliphatic carbocycles. The number of nitrogens with one attached hydrogen (secondary N) is 1. The summed E-state index contributed by atoms with van der Waals surface area (Å²) in [5, 5.41) is 11.2. The number of thioether (sulfide) groups is 1. The molecule has 1 fully saturated rings. The van der Waals surface area contributed by atoms with Gasteiger partial charge in [-0.3, -0.25) is 4.79 Å². The van der Waals surface area contributed by atoms with Crippen molar-refractivity contribution in [3.05, 3.63) is 24.3 Å². The van der Waals surface area contributed by atoms with Gasteiger partial charge in [-0.1, -0.05) is 23.9 Å². The van der Waals surface area contributed by atoms with Gasteiger partial charge >= 0.3 is 0 Å². The Hall–Kier alpha value is -2.27. The molecule has 0 radical (unpaired) electrons. The highest BCUT2D eigenvalue weighted by Crippen LogP contribution is 2.29. The fraction of sp³-hybridized carbons (Fsp3) is 0.400. The van der Waals surface area contributed by atoms with Crippen molar-refractivity contribution in [3.8, 4) is 17.1 Å². The number of sulfone groups is 1. The van der Waals surface area contributed by atoms with Gasteiger partial charge < -0.3 is 15.9 Å². The monoisotopic (exact) mass is 397 g/mol. The van der Waals surface area contributed by atoms with Gasteiger partial charge in [-0.2, -0.15) is 0 Å². The number of nitrogens with two attached hydrogens (primary N) is 1. The molecule has 1 aliphatic heterocycles. The van der Waals surface area contributed by atoms with Crippen LogP contribution in [0.15, 0.2) is 29.4 Å². The molecule has 26 heavy (non-hydrogen) atoms. The zero-order chi connectivity index (χ0) is 18.7. The maximum Gasteiger partial charge on any atom is 0.230 e. The lowest BCUT2D eigenvalue weighted by Gasteiger charge is -2.10. The van der Waals surface area contributed by atoms with Crippen LogP contribution in [0.3, 0.4) is 0 Å². The number of ether oxygens (including phenoxy) is 1. The molecule has 9 nitrogen and oxygen atoms in total. The van der Waals surface area contributed by atoms with Crippen molar-refractivity contribution in [1.29, 1.82) is 0 Å². The molecule has 2 heterocycles. The summed E-state index contributed by atoms with van der Waals surface area (Å²) in [5.41, 5.74) is 0.692. The van der Waals surface area contributed by atoms with Crippen molar-refractivity contribution in [2.75, 3.05) is 30.2 Å². The van der Waals surface area contributed by atoms with E-state index in [1.165, 1.54) is 4.68 Å². The molecular weight excluding hydrogens is 378 g/mol. The highest BCUT2D eigenvalue weighted by atomic mass is 32.2. The van der Waals surface area contributed by atoms with Gasteiger partial charge in [-0.05, 0) is 18.6 Å². The largest absolute Gasteiger partial charge is 0.496 e. The number of nitrogens with zero attached hydrogens (tertiary/aromatic N) is 3. The summed E-state index contributed by atoms with van der Waals surface area (Å²) < 4.78 is 29.5. The minimum absolute atomic E-state index is 0.00553. The second-order valence-electron chi connectivity index (χ2n) is 5.83. The predicted molar refractivity (Wildman–Crippen MR) is 98.1 cm³/mol. The van der Waals surface area contributed by atoms with E-state index in [0.717, 1.165) is 11.8 Å². The SMILES string of the molecule is COc1ccccc1-c1nnc(SCC(=O)N[C@@H]2CCS(=O)(=O)C2)n1N. The fourth-order valence-corrected chi connectivity index (χ4v) is 5.04. The average Bonchev–Trinajstić information content (AvgIpc) is 3.14. The molecule has 0 unspecified atom stereocenters. The lowest BCUT2D eigenvalue weighted by molar-refractivity contribution is -0.119. The zero-order valence-corrected chi connectivity index (χ0v) is 15.7. The van der Waals surface area contributed by atoms with E-state index in [1.54, 1.807) is 13.2 Å². The van der Waals surface area contributed by atoms with Crippen LogP contribution in [0.2, 0.25) is 0 Å². The first-order valence-electron chi connectivity index (χ1n) is 7.86. The minimum atomic E-state index is -3.03. The van der Waals surface area contributed by atoms with Gasteiger partial charge in [-0.25, -0.2) is 13.1 Å². The van der Waals surface area contributed by atoms with Crippen LogP contribution in [0.1, 0.15) is 6.42 Å². The van der Waals surface area contributed by atoms with E-state index >= 15 is 0 Å². The molecule has 11 heteroatoms. The highest BCUT2D eigenvalue weighted by molar-refractivity contribution is 7.99. The molecule has 0 saturated carbocycles. The van der Waals surface area contributed by atoms with Crippen molar-refractivity contribution < 1.29 is 17.9 Å². The number of rotatable bonds is 6. The van der Waals surface area contributed by atoms with Crippen molar-refractivity contribution in [2.24, 2.45) is 0 Å². The molecule has 1 amide bonds. The number of amides is 1. The number of hydrogen-bond acceptors (Lipinski definition) is 8. The standard InChI is InChI=1S/C15H19N5O4S2/c1-24-12-5-3-2-4-11(12)14-18-19-15(20(14)16)25-8-13(21)17-10-6-7-26(22,23)9-10/h2-5,10H,6-9,16H2,1H3,(H,17,21)/t10-/m1/s1. The maximum absolute atomic E-state index is 12.0. The number of hydrogen-bond donors (Lipinski definition) is 2. The van der Waals surface area contributed by atoms with Gasteiger partial charge in [-0.15, -0.1) is 10.2 Å². The number of carbonyl (C=O) groups excluding carboxylic acids is 1. The minimum Gasteiger partial charge on any atom is -0.496 e. The van der Waals surface area contributed by atoms with E-state index in [9.17, 15) is 13.2 Å². The fourth-order valence-electron chi connectivity index (χ4n) is 2.70. The van der Waals surface area contributed by atoms with E-state index in [1.807, 2.05) is 18.2 Å². The van der Waals surface area contributed by atoms with Gasteiger partial charge in [0.15, 0.2) is 15.7 Å². The summed E-state index contributed by atoms with van der Waals surface area (Å²) in [6.07, 6.45) is 0.448. The van der Waals surface area contributed by atoms with Crippen molar-refractivity contribution in [2.45, 2.75) is 17.6 Å². The van der Waals surface area contributed by atoms with Crippen LogP contribution in [0.25, 0.3) is 11.4 Å². The van der Waals surface area contributed by atoms with Crippen LogP contribution in [-0.4, -0.2) is 59.6 Å². The average molecular weight is 397 g/mol. The number of nitrogen functional groups attached to an aromatic ring is 1. The first-order chi connectivity index (χ1) is 12.4. The van der Waals surface area contributed by atoms with Crippen molar-refractivity contribution in [1.82, 2.24) is 20.2 Å². The molecule has 3 N–H and O–H groups in total. The van der Waals surface area contributed by atoms with E-state index in [0.29, 0.717) is 28.7 Å². The third-order valence-corrected chi connectivity index (χ3v) is 6.65. The van der Waals surface area contributed by atoms with Gasteiger partial charge in [0.25, 0.3) is 0 Å². The van der Waals surface area contributed by atoms with E-state index in [-0.39, 0.29) is 29.2 Å². The van der Waals surface area contributed by atoms with Crippen LogP contribution in [0, 0.1) is 0 Å². The molecule has 1 atom stereocenters. The molecule has 1 aromatic heterocycles. The normalized spacial score (nSPS) is 18.6. The number of aromatic nitrogens is 3. The van der Waals surface area contributed by atoms with Crippen LogP contribution in [0.5, 0.6) is 5.75 Å². The number of carbonyl (C=O) groups is 1. The van der Waals surface area contributed by atoms with Gasteiger partial charge in [0.2, 0.25) is 11.1 Å². The number of benzene rings is 1. The molecule has 1 saturated heterocycles. The number of methoxy groups -OCH3 is 1. The Balaban J connectivity index is 1.63. The molecule has 0 spiro atoms. The molecule has 2 aromatic rings. The van der Waals surface area contributed by atoms with Gasteiger partial charge in [0, 0.05) is 6.04 Å². The van der Waals surface area contributed by atoms with E-state index in [2.05, 4.69) is 15.5 Å². The quantitative estimate of drug-likeness (QED) is 0.517. The smallest absolute Gasteiger partial charge is 0.230 e. The Bertz CT molecular complexity index is 913. The topological polar surface area (TPSA) is 129 Å². The van der Waals surface area contributed by atoms with E-state index in [4.69, 9.17) is 10.6 Å². The molecule has 140 valence electrons. The summed E-state index contributed by atoms with van der Waals surface area (Å²) in [6.45, 7) is 0. The highest BCUT2D eigenvalue weighted by Gasteiger charge is 2.29. The second kappa shape index (κ2) is 7.54. The number of para-hydroxylation sites is 1. The van der Waals surface area contributed by atoms with Gasteiger partial charge in [0.1, 0.15) is 5.75 Å². The Labute approximate surface area is 155 Å². The van der Waals surface area contributed by atoms with Crippen LogP contribution >= 0.6 is 11.8 Å².